The van der Waals surface area contributed by atoms with Crippen LogP contribution in [0.25, 0.3) is 11.1 Å². The van der Waals surface area contributed by atoms with Crippen LogP contribution >= 0.6 is 0 Å². The number of amides is 1. The lowest BCUT2D eigenvalue weighted by Gasteiger charge is -2.07. The molecule has 2 aromatic carbocycles. The van der Waals surface area contributed by atoms with Crippen molar-refractivity contribution in [3.05, 3.63) is 58.5 Å². The zero-order valence-electron chi connectivity index (χ0n) is 13.1. The predicted molar refractivity (Wildman–Crippen MR) is 87.5 cm³/mol. The Morgan fingerprint density at radius 1 is 1.32 bits per heavy atom. The van der Waals surface area contributed by atoms with Crippen LogP contribution in [0.2, 0.25) is 0 Å². The highest BCUT2D eigenvalue weighted by Crippen LogP contribution is 2.31. The van der Waals surface area contributed by atoms with E-state index < -0.39 is 11.0 Å². The molecule has 0 fully saturated rings. The number of oxazole rings is 1. The van der Waals surface area contributed by atoms with Gasteiger partial charge in [-0.25, -0.2) is 9.78 Å². The second-order valence-corrected chi connectivity index (χ2v) is 4.92. The molecule has 1 amide bonds. The number of anilines is 1. The number of hydrogen-bond donors (Lipinski definition) is 1. The number of aromatic nitrogens is 1. The van der Waals surface area contributed by atoms with Gasteiger partial charge in [0.2, 0.25) is 5.89 Å². The van der Waals surface area contributed by atoms with Crippen LogP contribution in [0.1, 0.15) is 5.89 Å². The summed E-state index contributed by atoms with van der Waals surface area (Å²) in [5.74, 6) is 0.329. The van der Waals surface area contributed by atoms with Crippen LogP contribution in [0.15, 0.2) is 46.9 Å². The van der Waals surface area contributed by atoms with Crippen LogP contribution in [0, 0.1) is 10.1 Å². The summed E-state index contributed by atoms with van der Waals surface area (Å²) in [4.78, 5) is 26.0. The molecule has 1 N–H and O–H groups in total. The van der Waals surface area contributed by atoms with Crippen LogP contribution in [0.4, 0.5) is 16.2 Å². The van der Waals surface area contributed by atoms with Crippen LogP contribution in [-0.2, 0) is 11.3 Å². The van der Waals surface area contributed by atoms with Crippen molar-refractivity contribution in [3.8, 4) is 5.75 Å². The van der Waals surface area contributed by atoms with Crippen molar-refractivity contribution in [1.82, 2.24) is 4.98 Å². The first-order valence-corrected chi connectivity index (χ1v) is 7.17. The molecule has 0 saturated carbocycles. The maximum Gasteiger partial charge on any atom is 0.411 e. The zero-order valence-corrected chi connectivity index (χ0v) is 13.1. The van der Waals surface area contributed by atoms with Crippen molar-refractivity contribution in [2.45, 2.75) is 6.61 Å². The maximum atomic E-state index is 11.2. The number of hydrogen-bond acceptors (Lipinski definition) is 7. The predicted octanol–water partition coefficient (Wildman–Crippen LogP) is 3.49. The molecule has 3 rings (SSSR count). The molecule has 0 spiro atoms. The van der Waals surface area contributed by atoms with E-state index in [-0.39, 0.29) is 23.7 Å². The molecular weight excluding hydrogens is 330 g/mol. The molecule has 0 saturated heterocycles. The number of nitrogens with one attached hydrogen (secondary N) is 1. The Morgan fingerprint density at radius 3 is 2.84 bits per heavy atom. The summed E-state index contributed by atoms with van der Waals surface area (Å²) in [7, 11) is 1.20. The van der Waals surface area contributed by atoms with Gasteiger partial charge in [0, 0.05) is 6.07 Å². The first-order chi connectivity index (χ1) is 12.1. The minimum atomic E-state index is -0.727. The largest absolute Gasteiger partial charge is 0.477 e. The van der Waals surface area contributed by atoms with Crippen LogP contribution in [0.5, 0.6) is 5.75 Å². The van der Waals surface area contributed by atoms with Gasteiger partial charge >= 0.3 is 11.8 Å². The Kier molecular flexibility index (Phi) is 4.46. The summed E-state index contributed by atoms with van der Waals surface area (Å²) >= 11 is 0. The van der Waals surface area contributed by atoms with E-state index in [9.17, 15) is 14.9 Å². The second kappa shape index (κ2) is 6.87. The summed E-state index contributed by atoms with van der Waals surface area (Å²) < 4.78 is 15.4. The summed E-state index contributed by atoms with van der Waals surface area (Å²) in [5, 5.41) is 13.6. The van der Waals surface area contributed by atoms with Gasteiger partial charge in [0.15, 0.2) is 17.9 Å². The summed E-state index contributed by atoms with van der Waals surface area (Å²) in [6.45, 7) is -0.0701. The fraction of sp³-hybridized carbons (Fsp3) is 0.125. The number of nitro groups is 1. The topological polar surface area (TPSA) is 117 Å². The lowest BCUT2D eigenvalue weighted by molar-refractivity contribution is -0.385. The van der Waals surface area contributed by atoms with Crippen molar-refractivity contribution in [2.75, 3.05) is 12.4 Å². The van der Waals surface area contributed by atoms with E-state index in [1.54, 1.807) is 12.1 Å². The molecule has 0 unspecified atom stereocenters. The van der Waals surface area contributed by atoms with Gasteiger partial charge in [0.1, 0.15) is 5.52 Å². The van der Waals surface area contributed by atoms with E-state index in [1.165, 1.54) is 25.3 Å². The van der Waals surface area contributed by atoms with Crippen molar-refractivity contribution < 1.29 is 23.6 Å². The van der Waals surface area contributed by atoms with Crippen LogP contribution in [0.3, 0.4) is 0 Å². The minimum Gasteiger partial charge on any atom is -0.477 e. The monoisotopic (exact) mass is 343 g/mol. The zero-order chi connectivity index (χ0) is 17.8. The number of methoxy groups -OCH3 is 1. The van der Waals surface area contributed by atoms with Crippen molar-refractivity contribution in [2.24, 2.45) is 0 Å². The van der Waals surface area contributed by atoms with Crippen molar-refractivity contribution in [3.63, 3.8) is 0 Å². The third-order valence-electron chi connectivity index (χ3n) is 3.28. The SMILES string of the molecule is COC(=O)Nc1ccc(OCc2nc3ccccc3o2)c([N+](=O)[O-])c1. The van der Waals surface area contributed by atoms with Gasteiger partial charge in [-0.1, -0.05) is 12.1 Å². The van der Waals surface area contributed by atoms with Gasteiger partial charge in [0.05, 0.1) is 17.7 Å². The van der Waals surface area contributed by atoms with E-state index >= 15 is 0 Å². The average Bonchev–Trinajstić information content (AvgIpc) is 3.03. The Hall–Kier alpha value is -3.62. The van der Waals surface area contributed by atoms with Crippen molar-refractivity contribution >= 4 is 28.6 Å². The Balaban J connectivity index is 1.78. The molecule has 0 aliphatic rings. The van der Waals surface area contributed by atoms with E-state index in [2.05, 4.69) is 15.0 Å². The first kappa shape index (κ1) is 16.2. The first-order valence-electron chi connectivity index (χ1n) is 7.17. The van der Waals surface area contributed by atoms with E-state index in [0.29, 0.717) is 17.0 Å². The summed E-state index contributed by atoms with van der Waals surface area (Å²) in [6, 6.07) is 11.2. The lowest BCUT2D eigenvalue weighted by atomic mass is 10.2. The number of carbonyl (C=O) groups excluding carboxylic acids is 1. The second-order valence-electron chi connectivity index (χ2n) is 4.92. The molecule has 0 aliphatic heterocycles. The number of benzene rings is 2. The molecule has 1 heterocycles. The number of nitro benzene ring substituents is 1. The molecule has 0 atom stereocenters. The molecule has 9 heteroatoms. The number of rotatable bonds is 5. The standard InChI is InChI=1S/C16H13N3O6/c1-23-16(20)17-10-6-7-14(12(8-10)19(21)22)24-9-15-18-11-4-2-3-5-13(11)25-15/h2-8H,9H2,1H3,(H,17,20). The van der Waals surface area contributed by atoms with E-state index in [4.69, 9.17) is 9.15 Å². The van der Waals surface area contributed by atoms with E-state index in [1.807, 2.05) is 12.1 Å². The molecule has 1 aromatic heterocycles. The number of fused-ring (bicyclic) bond motifs is 1. The Bertz CT molecular complexity index is 904. The number of carbonyl (C=O) groups is 1. The molecule has 0 radical (unpaired) electrons. The lowest BCUT2D eigenvalue weighted by Crippen LogP contribution is -2.11. The molecule has 0 bridgehead atoms. The van der Waals surface area contributed by atoms with Gasteiger partial charge in [-0.05, 0) is 24.3 Å². The highest BCUT2D eigenvalue weighted by atomic mass is 16.6. The number of para-hydroxylation sites is 2. The van der Waals surface area contributed by atoms with E-state index in [0.717, 1.165) is 0 Å². The fourth-order valence-corrected chi connectivity index (χ4v) is 2.15. The maximum absolute atomic E-state index is 11.2. The number of nitrogens with zero attached hydrogens (tertiary/aromatic N) is 2. The van der Waals surface area contributed by atoms with Crippen molar-refractivity contribution in [1.29, 1.82) is 0 Å². The van der Waals surface area contributed by atoms with Gasteiger partial charge in [0.25, 0.3) is 0 Å². The highest BCUT2D eigenvalue weighted by Gasteiger charge is 2.18. The van der Waals surface area contributed by atoms with Crippen LogP contribution in [-0.4, -0.2) is 23.1 Å². The molecular formula is C16H13N3O6. The Labute approximate surface area is 141 Å². The third kappa shape index (κ3) is 3.66. The minimum absolute atomic E-state index is 0.0303. The quantitative estimate of drug-likeness (QED) is 0.556. The highest BCUT2D eigenvalue weighted by molar-refractivity contribution is 5.85. The molecule has 9 nitrogen and oxygen atoms in total. The molecule has 25 heavy (non-hydrogen) atoms. The average molecular weight is 343 g/mol. The fourth-order valence-electron chi connectivity index (χ4n) is 2.15. The van der Waals surface area contributed by atoms with Crippen LogP contribution < -0.4 is 10.1 Å². The molecule has 0 aliphatic carbocycles. The normalized spacial score (nSPS) is 10.4. The summed E-state index contributed by atoms with van der Waals surface area (Å²) in [6.07, 6.45) is -0.727. The molecule has 128 valence electrons. The number of ether oxygens (including phenoxy) is 2. The third-order valence-corrected chi connectivity index (χ3v) is 3.28. The summed E-state index contributed by atoms with van der Waals surface area (Å²) in [5.41, 5.74) is 1.19. The van der Waals surface area contributed by atoms with Gasteiger partial charge < -0.3 is 13.9 Å². The Morgan fingerprint density at radius 2 is 2.12 bits per heavy atom. The molecule has 3 aromatic rings. The van der Waals surface area contributed by atoms with Gasteiger partial charge in [-0.15, -0.1) is 0 Å². The smallest absolute Gasteiger partial charge is 0.411 e. The van der Waals surface area contributed by atoms with Gasteiger partial charge in [-0.3, -0.25) is 15.4 Å². The van der Waals surface area contributed by atoms with Gasteiger partial charge in [-0.2, -0.15) is 0 Å².